The van der Waals surface area contributed by atoms with Crippen LogP contribution in [-0.2, 0) is 4.74 Å². The fourth-order valence-corrected chi connectivity index (χ4v) is 2.96. The highest BCUT2D eigenvalue weighted by molar-refractivity contribution is 5.92. The van der Waals surface area contributed by atoms with Crippen LogP contribution in [0.2, 0.25) is 0 Å². The van der Waals surface area contributed by atoms with E-state index in [9.17, 15) is 0 Å². The van der Waals surface area contributed by atoms with Crippen molar-refractivity contribution in [1.82, 2.24) is 14.9 Å². The number of fused-ring (bicyclic) bond motifs is 1. The van der Waals surface area contributed by atoms with Gasteiger partial charge in [0.25, 0.3) is 0 Å². The average molecular weight is 304 g/mol. The lowest BCUT2D eigenvalue weighted by atomic mass is 10.0. The molecule has 0 saturated carbocycles. The molecule has 0 radical (unpaired) electrons. The largest absolute Gasteiger partial charge is 0.367 e. The van der Waals surface area contributed by atoms with Gasteiger partial charge in [0.2, 0.25) is 0 Å². The molecule has 3 aromatic rings. The number of aromatic nitrogens is 2. The van der Waals surface area contributed by atoms with E-state index in [2.05, 4.69) is 29.4 Å². The minimum atomic E-state index is -0.195. The molecule has 114 valence electrons. The standard InChI is InChI=1S/C18H16N4O/c19-12-22-9-10-23-16(11-22)18-20-15-8-4-7-14(17(15)21-18)13-5-2-1-3-6-13/h1-8,16H,9-11H2,(H,20,21). The van der Waals surface area contributed by atoms with Crippen molar-refractivity contribution < 1.29 is 4.74 Å². The zero-order valence-electron chi connectivity index (χ0n) is 12.6. The van der Waals surface area contributed by atoms with Gasteiger partial charge in [-0.05, 0) is 11.6 Å². The van der Waals surface area contributed by atoms with Gasteiger partial charge in [0.05, 0.1) is 30.7 Å². The zero-order valence-corrected chi connectivity index (χ0v) is 12.6. The number of benzene rings is 2. The minimum absolute atomic E-state index is 0.195. The number of ether oxygens (including phenoxy) is 1. The predicted molar refractivity (Wildman–Crippen MR) is 87.4 cm³/mol. The summed E-state index contributed by atoms with van der Waals surface area (Å²) in [5.41, 5.74) is 4.16. The second-order valence-electron chi connectivity index (χ2n) is 5.60. The molecule has 1 unspecified atom stereocenters. The average Bonchev–Trinajstić information content (AvgIpc) is 3.07. The van der Waals surface area contributed by atoms with Crippen LogP contribution in [0, 0.1) is 11.5 Å². The first kappa shape index (κ1) is 13.8. The summed E-state index contributed by atoms with van der Waals surface area (Å²) in [5.74, 6) is 0.781. The highest BCUT2D eigenvalue weighted by Gasteiger charge is 2.24. The van der Waals surface area contributed by atoms with Crippen LogP contribution in [0.4, 0.5) is 0 Å². The number of morpholine rings is 1. The number of hydrogen-bond acceptors (Lipinski definition) is 4. The van der Waals surface area contributed by atoms with Crippen LogP contribution in [-0.4, -0.2) is 34.6 Å². The third-order valence-electron chi connectivity index (χ3n) is 4.13. The van der Waals surface area contributed by atoms with Crippen molar-refractivity contribution in [1.29, 1.82) is 5.26 Å². The van der Waals surface area contributed by atoms with Gasteiger partial charge in [0.1, 0.15) is 11.9 Å². The first-order valence-electron chi connectivity index (χ1n) is 7.65. The number of para-hydroxylation sites is 1. The Balaban J connectivity index is 1.75. The minimum Gasteiger partial charge on any atom is -0.367 e. The number of aromatic amines is 1. The van der Waals surface area contributed by atoms with Crippen LogP contribution in [0.3, 0.4) is 0 Å². The van der Waals surface area contributed by atoms with Crippen LogP contribution in [0.5, 0.6) is 0 Å². The molecule has 1 aliphatic rings. The number of nitrogens with one attached hydrogen (secondary N) is 1. The number of nitriles is 1. The maximum atomic E-state index is 9.08. The molecular weight excluding hydrogens is 288 g/mol. The summed E-state index contributed by atoms with van der Waals surface area (Å²) < 4.78 is 5.78. The van der Waals surface area contributed by atoms with Crippen LogP contribution < -0.4 is 0 Å². The van der Waals surface area contributed by atoms with Crippen molar-refractivity contribution in [3.8, 4) is 17.3 Å². The van der Waals surface area contributed by atoms with E-state index in [4.69, 9.17) is 15.0 Å². The van der Waals surface area contributed by atoms with Gasteiger partial charge in [-0.25, -0.2) is 4.98 Å². The van der Waals surface area contributed by atoms with Crippen molar-refractivity contribution in [3.05, 3.63) is 54.4 Å². The molecule has 5 heteroatoms. The van der Waals surface area contributed by atoms with Gasteiger partial charge in [-0.15, -0.1) is 0 Å². The smallest absolute Gasteiger partial charge is 0.179 e. The quantitative estimate of drug-likeness (QED) is 0.739. The predicted octanol–water partition coefficient (Wildman–Crippen LogP) is 3.08. The molecule has 1 atom stereocenters. The van der Waals surface area contributed by atoms with E-state index in [-0.39, 0.29) is 6.10 Å². The molecule has 2 heterocycles. The van der Waals surface area contributed by atoms with Crippen molar-refractivity contribution in [2.24, 2.45) is 0 Å². The third-order valence-corrected chi connectivity index (χ3v) is 4.13. The summed E-state index contributed by atoms with van der Waals surface area (Å²) in [4.78, 5) is 9.82. The van der Waals surface area contributed by atoms with Gasteiger partial charge < -0.3 is 14.6 Å². The molecule has 0 aliphatic carbocycles. The van der Waals surface area contributed by atoms with Gasteiger partial charge in [-0.3, -0.25) is 0 Å². The number of rotatable bonds is 2. The van der Waals surface area contributed by atoms with E-state index in [1.807, 2.05) is 30.3 Å². The second-order valence-corrected chi connectivity index (χ2v) is 5.60. The normalized spacial score (nSPS) is 18.0. The summed E-state index contributed by atoms with van der Waals surface area (Å²) in [7, 11) is 0. The second kappa shape index (κ2) is 5.75. The number of hydrogen-bond donors (Lipinski definition) is 1. The fraction of sp³-hybridized carbons (Fsp3) is 0.222. The Hall–Kier alpha value is -2.84. The van der Waals surface area contributed by atoms with Gasteiger partial charge in [0, 0.05) is 5.56 Å². The molecule has 0 amide bonds. The molecule has 1 aromatic heterocycles. The van der Waals surface area contributed by atoms with Gasteiger partial charge in [0.15, 0.2) is 6.19 Å². The van der Waals surface area contributed by atoms with E-state index < -0.39 is 0 Å². The van der Waals surface area contributed by atoms with Crippen molar-refractivity contribution >= 4 is 11.0 Å². The molecular formula is C18H16N4O. The lowest BCUT2D eigenvalue weighted by Crippen LogP contribution is -2.35. The van der Waals surface area contributed by atoms with Crippen molar-refractivity contribution in [2.45, 2.75) is 6.10 Å². The molecule has 0 spiro atoms. The molecule has 1 fully saturated rings. The number of H-pyrrole nitrogens is 1. The van der Waals surface area contributed by atoms with Crippen molar-refractivity contribution in [3.63, 3.8) is 0 Å². The van der Waals surface area contributed by atoms with Crippen LogP contribution in [0.25, 0.3) is 22.2 Å². The SMILES string of the molecule is N#CN1CCOC(c2nc3c(-c4ccccc4)cccc3[nH]2)C1. The summed E-state index contributed by atoms with van der Waals surface area (Å²) in [6.45, 7) is 1.72. The number of imidazole rings is 1. The zero-order chi connectivity index (χ0) is 15.6. The van der Waals surface area contributed by atoms with Crippen molar-refractivity contribution in [2.75, 3.05) is 19.7 Å². The molecule has 2 aromatic carbocycles. The van der Waals surface area contributed by atoms with E-state index in [0.717, 1.165) is 28.0 Å². The Morgan fingerprint density at radius 2 is 2.04 bits per heavy atom. The monoisotopic (exact) mass is 304 g/mol. The van der Waals surface area contributed by atoms with E-state index in [1.165, 1.54) is 0 Å². The molecule has 1 N–H and O–H groups in total. The fourth-order valence-electron chi connectivity index (χ4n) is 2.96. The molecule has 1 saturated heterocycles. The van der Waals surface area contributed by atoms with Gasteiger partial charge in [-0.2, -0.15) is 5.26 Å². The van der Waals surface area contributed by atoms with E-state index in [0.29, 0.717) is 19.7 Å². The topological polar surface area (TPSA) is 64.9 Å². The number of nitrogens with zero attached hydrogens (tertiary/aromatic N) is 3. The molecule has 23 heavy (non-hydrogen) atoms. The highest BCUT2D eigenvalue weighted by Crippen LogP contribution is 2.29. The highest BCUT2D eigenvalue weighted by atomic mass is 16.5. The maximum Gasteiger partial charge on any atom is 0.179 e. The molecule has 4 rings (SSSR count). The maximum absolute atomic E-state index is 9.08. The Morgan fingerprint density at radius 1 is 1.17 bits per heavy atom. The van der Waals surface area contributed by atoms with Crippen LogP contribution >= 0.6 is 0 Å². The summed E-state index contributed by atoms with van der Waals surface area (Å²) >= 11 is 0. The first-order valence-corrected chi connectivity index (χ1v) is 7.65. The lowest BCUT2D eigenvalue weighted by Gasteiger charge is -2.27. The summed E-state index contributed by atoms with van der Waals surface area (Å²) in [5, 5.41) is 9.08. The van der Waals surface area contributed by atoms with E-state index in [1.54, 1.807) is 4.90 Å². The first-order chi connectivity index (χ1) is 11.3. The molecule has 5 nitrogen and oxygen atoms in total. The lowest BCUT2D eigenvalue weighted by molar-refractivity contribution is -0.0153. The van der Waals surface area contributed by atoms with Crippen LogP contribution in [0.15, 0.2) is 48.5 Å². The molecule has 0 bridgehead atoms. The van der Waals surface area contributed by atoms with Gasteiger partial charge in [-0.1, -0.05) is 42.5 Å². The Kier molecular flexibility index (Phi) is 3.45. The van der Waals surface area contributed by atoms with Crippen LogP contribution in [0.1, 0.15) is 11.9 Å². The third kappa shape index (κ3) is 2.54. The Labute approximate surface area is 134 Å². The Bertz CT molecular complexity index is 866. The Morgan fingerprint density at radius 3 is 2.87 bits per heavy atom. The van der Waals surface area contributed by atoms with E-state index >= 15 is 0 Å². The molecule has 1 aliphatic heterocycles. The summed E-state index contributed by atoms with van der Waals surface area (Å²) in [6, 6.07) is 16.3. The van der Waals surface area contributed by atoms with Gasteiger partial charge >= 0.3 is 0 Å². The summed E-state index contributed by atoms with van der Waals surface area (Å²) in [6.07, 6.45) is 1.99.